The second-order valence-electron chi connectivity index (χ2n) is 6.87. The van der Waals surface area contributed by atoms with Gasteiger partial charge in [0.05, 0.1) is 29.6 Å². The van der Waals surface area contributed by atoms with Crippen molar-refractivity contribution in [2.45, 2.75) is 26.4 Å². The van der Waals surface area contributed by atoms with Crippen LogP contribution in [0.1, 0.15) is 18.4 Å². The SMILES string of the molecule is CCC1Oc2ccc(-c3csc(C)n3)cc2N(CC(=O)N2CCOCC2)C1=O. The summed E-state index contributed by atoms with van der Waals surface area (Å²) in [6, 6.07) is 5.69. The van der Waals surface area contributed by atoms with Crippen LogP contribution in [-0.2, 0) is 14.3 Å². The van der Waals surface area contributed by atoms with Gasteiger partial charge in [0.15, 0.2) is 6.10 Å². The number of hydrogen-bond donors (Lipinski definition) is 0. The fourth-order valence-electron chi connectivity index (χ4n) is 3.45. The Morgan fingerprint density at radius 3 is 2.79 bits per heavy atom. The fraction of sp³-hybridized carbons (Fsp3) is 0.450. The zero-order valence-electron chi connectivity index (χ0n) is 16.0. The van der Waals surface area contributed by atoms with Crippen LogP contribution in [-0.4, -0.2) is 60.7 Å². The Morgan fingerprint density at radius 1 is 1.32 bits per heavy atom. The van der Waals surface area contributed by atoms with Crippen molar-refractivity contribution in [3.63, 3.8) is 0 Å². The number of fused-ring (bicyclic) bond motifs is 1. The van der Waals surface area contributed by atoms with Gasteiger partial charge in [0.2, 0.25) is 5.91 Å². The Morgan fingerprint density at radius 2 is 2.11 bits per heavy atom. The number of aryl methyl sites for hydroxylation is 1. The molecule has 0 bridgehead atoms. The second-order valence-corrected chi connectivity index (χ2v) is 7.93. The Hall–Kier alpha value is -2.45. The molecule has 7 nitrogen and oxygen atoms in total. The van der Waals surface area contributed by atoms with Crippen LogP contribution in [0, 0.1) is 6.92 Å². The molecule has 0 saturated carbocycles. The van der Waals surface area contributed by atoms with Crippen molar-refractivity contribution in [3.05, 3.63) is 28.6 Å². The lowest BCUT2D eigenvalue weighted by Crippen LogP contribution is -2.52. The molecule has 0 spiro atoms. The third-order valence-electron chi connectivity index (χ3n) is 5.00. The highest BCUT2D eigenvalue weighted by Crippen LogP contribution is 2.38. The summed E-state index contributed by atoms with van der Waals surface area (Å²) in [6.45, 7) is 6.04. The van der Waals surface area contributed by atoms with Crippen molar-refractivity contribution < 1.29 is 19.1 Å². The number of aromatic nitrogens is 1. The normalized spacial score (nSPS) is 19.4. The largest absolute Gasteiger partial charge is 0.478 e. The van der Waals surface area contributed by atoms with Gasteiger partial charge in [-0.25, -0.2) is 4.98 Å². The number of carbonyl (C=O) groups is 2. The minimum absolute atomic E-state index is 0.00520. The van der Waals surface area contributed by atoms with E-state index in [9.17, 15) is 9.59 Å². The zero-order chi connectivity index (χ0) is 19.7. The molecule has 2 aliphatic rings. The van der Waals surface area contributed by atoms with E-state index in [1.807, 2.05) is 37.4 Å². The van der Waals surface area contributed by atoms with Crippen molar-refractivity contribution in [3.8, 4) is 17.0 Å². The highest BCUT2D eigenvalue weighted by molar-refractivity contribution is 7.09. The molecule has 8 heteroatoms. The van der Waals surface area contributed by atoms with Crippen LogP contribution in [0.5, 0.6) is 5.75 Å². The first-order valence-electron chi connectivity index (χ1n) is 9.47. The number of benzene rings is 1. The van der Waals surface area contributed by atoms with E-state index in [4.69, 9.17) is 9.47 Å². The van der Waals surface area contributed by atoms with Gasteiger partial charge in [-0.05, 0) is 31.5 Å². The van der Waals surface area contributed by atoms with Crippen LogP contribution < -0.4 is 9.64 Å². The molecule has 1 aromatic heterocycles. The molecule has 4 rings (SSSR count). The average Bonchev–Trinajstić information content (AvgIpc) is 3.16. The molecule has 1 aromatic carbocycles. The quantitative estimate of drug-likeness (QED) is 0.787. The number of hydrogen-bond acceptors (Lipinski definition) is 6. The number of rotatable bonds is 4. The van der Waals surface area contributed by atoms with E-state index in [-0.39, 0.29) is 18.4 Å². The molecule has 0 radical (unpaired) electrons. The van der Waals surface area contributed by atoms with Gasteiger partial charge in [0.25, 0.3) is 5.91 Å². The predicted octanol–water partition coefficient (Wildman–Crippen LogP) is 2.48. The summed E-state index contributed by atoms with van der Waals surface area (Å²) in [6.07, 6.45) is -0.0227. The third-order valence-corrected chi connectivity index (χ3v) is 5.78. The van der Waals surface area contributed by atoms with E-state index in [1.54, 1.807) is 21.1 Å². The van der Waals surface area contributed by atoms with Crippen molar-refractivity contribution in [2.75, 3.05) is 37.7 Å². The van der Waals surface area contributed by atoms with Crippen molar-refractivity contribution in [2.24, 2.45) is 0 Å². The van der Waals surface area contributed by atoms with Crippen LogP contribution in [0.2, 0.25) is 0 Å². The number of anilines is 1. The molecule has 2 aromatic rings. The summed E-state index contributed by atoms with van der Waals surface area (Å²) in [7, 11) is 0. The average molecular weight is 401 g/mol. The molecule has 2 aliphatic heterocycles. The maximum absolute atomic E-state index is 13.0. The highest BCUT2D eigenvalue weighted by Gasteiger charge is 2.35. The Kier molecular flexibility index (Phi) is 5.32. The smallest absolute Gasteiger partial charge is 0.268 e. The monoisotopic (exact) mass is 401 g/mol. The molecule has 0 N–H and O–H groups in total. The summed E-state index contributed by atoms with van der Waals surface area (Å²) in [5, 5.41) is 2.96. The zero-order valence-corrected chi connectivity index (χ0v) is 16.8. The van der Waals surface area contributed by atoms with Gasteiger partial charge in [-0.2, -0.15) is 0 Å². The number of amides is 2. The van der Waals surface area contributed by atoms with Crippen molar-refractivity contribution in [1.82, 2.24) is 9.88 Å². The standard InChI is InChI=1S/C20H23N3O4S/c1-3-17-20(25)23(11-19(24)22-6-8-26-9-7-22)16-10-14(4-5-18(16)27-17)15-12-28-13(2)21-15/h4-5,10,12,17H,3,6-9,11H2,1-2H3. The Labute approximate surface area is 167 Å². The number of thiazole rings is 1. The van der Waals surface area contributed by atoms with Crippen LogP contribution in [0.25, 0.3) is 11.3 Å². The number of carbonyl (C=O) groups excluding carboxylic acids is 2. The van der Waals surface area contributed by atoms with Crippen LogP contribution >= 0.6 is 11.3 Å². The second kappa shape index (κ2) is 7.89. The summed E-state index contributed by atoms with van der Waals surface area (Å²) in [5.74, 6) is 0.370. The van der Waals surface area contributed by atoms with E-state index in [0.29, 0.717) is 44.2 Å². The van der Waals surface area contributed by atoms with E-state index in [0.717, 1.165) is 16.3 Å². The lowest BCUT2D eigenvalue weighted by atomic mass is 10.1. The summed E-state index contributed by atoms with van der Waals surface area (Å²) >= 11 is 1.58. The van der Waals surface area contributed by atoms with Crippen LogP contribution in [0.3, 0.4) is 0 Å². The number of nitrogens with zero attached hydrogens (tertiary/aromatic N) is 3. The molecule has 1 atom stereocenters. The molecule has 148 valence electrons. The molecular weight excluding hydrogens is 378 g/mol. The van der Waals surface area contributed by atoms with E-state index >= 15 is 0 Å². The first kappa shape index (κ1) is 18.9. The lowest BCUT2D eigenvalue weighted by molar-refractivity contribution is -0.136. The Bertz CT molecular complexity index is 891. The van der Waals surface area contributed by atoms with E-state index < -0.39 is 6.10 Å². The van der Waals surface area contributed by atoms with Gasteiger partial charge in [-0.1, -0.05) is 6.92 Å². The molecule has 28 heavy (non-hydrogen) atoms. The van der Waals surface area contributed by atoms with Gasteiger partial charge in [-0.15, -0.1) is 11.3 Å². The minimum atomic E-state index is -0.572. The highest BCUT2D eigenvalue weighted by atomic mass is 32.1. The minimum Gasteiger partial charge on any atom is -0.478 e. The van der Waals surface area contributed by atoms with Crippen molar-refractivity contribution in [1.29, 1.82) is 0 Å². The van der Waals surface area contributed by atoms with Gasteiger partial charge < -0.3 is 14.4 Å². The van der Waals surface area contributed by atoms with E-state index in [2.05, 4.69) is 4.98 Å². The Balaban J connectivity index is 1.66. The van der Waals surface area contributed by atoms with Crippen LogP contribution in [0.4, 0.5) is 5.69 Å². The first-order chi connectivity index (χ1) is 13.6. The number of morpholine rings is 1. The molecule has 3 heterocycles. The van der Waals surface area contributed by atoms with Crippen molar-refractivity contribution >= 4 is 28.8 Å². The summed E-state index contributed by atoms with van der Waals surface area (Å²) in [4.78, 5) is 33.6. The predicted molar refractivity (Wildman–Crippen MR) is 107 cm³/mol. The molecule has 0 aliphatic carbocycles. The van der Waals surface area contributed by atoms with Gasteiger partial charge >= 0.3 is 0 Å². The molecular formula is C20H23N3O4S. The van der Waals surface area contributed by atoms with Gasteiger partial charge in [0, 0.05) is 24.0 Å². The molecule has 1 fully saturated rings. The first-order valence-corrected chi connectivity index (χ1v) is 10.3. The van der Waals surface area contributed by atoms with Crippen LogP contribution in [0.15, 0.2) is 23.6 Å². The fourth-order valence-corrected chi connectivity index (χ4v) is 4.07. The molecule has 2 amide bonds. The molecule has 1 unspecified atom stereocenters. The van der Waals surface area contributed by atoms with Gasteiger partial charge in [-0.3, -0.25) is 14.5 Å². The maximum atomic E-state index is 13.0. The summed E-state index contributed by atoms with van der Waals surface area (Å²) in [5.41, 5.74) is 2.38. The molecule has 1 saturated heterocycles. The van der Waals surface area contributed by atoms with Gasteiger partial charge in [0.1, 0.15) is 12.3 Å². The maximum Gasteiger partial charge on any atom is 0.268 e. The summed E-state index contributed by atoms with van der Waals surface area (Å²) < 4.78 is 11.2. The number of ether oxygens (including phenoxy) is 2. The lowest BCUT2D eigenvalue weighted by Gasteiger charge is -2.35. The topological polar surface area (TPSA) is 72.0 Å². The van der Waals surface area contributed by atoms with E-state index in [1.165, 1.54) is 0 Å². The third kappa shape index (κ3) is 3.62.